The molecule has 2 fully saturated rings. The van der Waals surface area contributed by atoms with Crippen LogP contribution in [0, 0.1) is 5.41 Å². The van der Waals surface area contributed by atoms with Gasteiger partial charge >= 0.3 is 0 Å². The Bertz CT molecular complexity index is 235. The quantitative estimate of drug-likeness (QED) is 0.778. The smallest absolute Gasteiger partial charge is 0.249 e. The lowest BCUT2D eigenvalue weighted by Gasteiger charge is -2.16. The average Bonchev–Trinajstić information content (AvgIpc) is 2.81. The predicted molar refractivity (Wildman–Crippen MR) is 62.1 cm³/mol. The fourth-order valence-electron chi connectivity index (χ4n) is 2.07. The number of hydrogen-bond donors (Lipinski definition) is 1. The molecular weight excluding hydrogens is 258 g/mol. The zero-order chi connectivity index (χ0) is 10.7. The van der Waals surface area contributed by atoms with Gasteiger partial charge in [0.1, 0.15) is 6.10 Å². The predicted octanol–water partition coefficient (Wildman–Crippen LogP) is 1.85. The van der Waals surface area contributed by atoms with E-state index in [0.29, 0.717) is 5.41 Å². The van der Waals surface area contributed by atoms with E-state index in [-0.39, 0.29) is 12.0 Å². The molecular formula is C11H18BrNO2. The maximum atomic E-state index is 11.7. The topological polar surface area (TPSA) is 38.3 Å². The molecule has 1 atom stereocenters. The van der Waals surface area contributed by atoms with E-state index in [9.17, 15) is 4.79 Å². The Hall–Kier alpha value is -0.0900. The SMILES string of the molecule is O=C(NCC1(CCBr)CC1)C1CCCO1. The highest BCUT2D eigenvalue weighted by Crippen LogP contribution is 2.48. The van der Waals surface area contributed by atoms with Gasteiger partial charge < -0.3 is 10.1 Å². The van der Waals surface area contributed by atoms with Crippen LogP contribution in [-0.4, -0.2) is 30.5 Å². The van der Waals surface area contributed by atoms with Crippen LogP contribution in [0.2, 0.25) is 0 Å². The zero-order valence-corrected chi connectivity index (χ0v) is 10.5. The summed E-state index contributed by atoms with van der Waals surface area (Å²) in [5, 5.41) is 4.06. The second kappa shape index (κ2) is 4.83. The molecule has 1 N–H and O–H groups in total. The highest BCUT2D eigenvalue weighted by Gasteiger charge is 2.42. The molecule has 1 heterocycles. The van der Waals surface area contributed by atoms with Gasteiger partial charge in [0.25, 0.3) is 0 Å². The average molecular weight is 276 g/mol. The van der Waals surface area contributed by atoms with Crippen LogP contribution in [0.4, 0.5) is 0 Å². The number of carbonyl (C=O) groups is 1. The molecule has 2 aliphatic rings. The Balaban J connectivity index is 1.70. The summed E-state index contributed by atoms with van der Waals surface area (Å²) < 4.78 is 5.34. The first-order valence-electron chi connectivity index (χ1n) is 5.71. The number of ether oxygens (including phenoxy) is 1. The van der Waals surface area contributed by atoms with Crippen molar-refractivity contribution in [1.82, 2.24) is 5.32 Å². The Morgan fingerprint density at radius 3 is 2.87 bits per heavy atom. The van der Waals surface area contributed by atoms with Crippen molar-refractivity contribution in [2.45, 2.75) is 38.2 Å². The van der Waals surface area contributed by atoms with Crippen molar-refractivity contribution in [1.29, 1.82) is 0 Å². The van der Waals surface area contributed by atoms with Gasteiger partial charge in [0.05, 0.1) is 0 Å². The summed E-state index contributed by atoms with van der Waals surface area (Å²) in [5.41, 5.74) is 0.401. The number of rotatable bonds is 5. The van der Waals surface area contributed by atoms with E-state index in [0.717, 1.165) is 31.3 Å². The highest BCUT2D eigenvalue weighted by molar-refractivity contribution is 9.09. The first kappa shape index (κ1) is 11.4. The Kier molecular flexibility index (Phi) is 3.67. The molecule has 0 bridgehead atoms. The van der Waals surface area contributed by atoms with Crippen LogP contribution in [0.1, 0.15) is 32.1 Å². The summed E-state index contributed by atoms with van der Waals surface area (Å²) in [6.07, 6.45) is 5.40. The molecule has 1 aliphatic carbocycles. The van der Waals surface area contributed by atoms with Crippen molar-refractivity contribution in [2.75, 3.05) is 18.5 Å². The number of nitrogens with one attached hydrogen (secondary N) is 1. The van der Waals surface area contributed by atoms with Crippen molar-refractivity contribution in [3.05, 3.63) is 0 Å². The maximum absolute atomic E-state index is 11.7. The van der Waals surface area contributed by atoms with E-state index in [1.54, 1.807) is 0 Å². The zero-order valence-electron chi connectivity index (χ0n) is 8.93. The highest BCUT2D eigenvalue weighted by atomic mass is 79.9. The molecule has 3 nitrogen and oxygen atoms in total. The van der Waals surface area contributed by atoms with E-state index in [2.05, 4.69) is 21.2 Å². The third-order valence-electron chi connectivity index (χ3n) is 3.44. The molecule has 0 radical (unpaired) electrons. The van der Waals surface area contributed by atoms with Crippen molar-refractivity contribution in [3.63, 3.8) is 0 Å². The van der Waals surface area contributed by atoms with Crippen LogP contribution in [0.3, 0.4) is 0 Å². The molecule has 0 aromatic heterocycles. The van der Waals surface area contributed by atoms with Crippen LogP contribution in [-0.2, 0) is 9.53 Å². The number of hydrogen-bond acceptors (Lipinski definition) is 2. The molecule has 2 rings (SSSR count). The van der Waals surface area contributed by atoms with Gasteiger partial charge in [-0.2, -0.15) is 0 Å². The van der Waals surface area contributed by atoms with Crippen LogP contribution in [0.15, 0.2) is 0 Å². The summed E-state index contributed by atoms with van der Waals surface area (Å²) in [4.78, 5) is 11.7. The molecule has 15 heavy (non-hydrogen) atoms. The van der Waals surface area contributed by atoms with Crippen LogP contribution in [0.5, 0.6) is 0 Å². The van der Waals surface area contributed by atoms with Crippen LogP contribution < -0.4 is 5.32 Å². The molecule has 4 heteroatoms. The molecule has 0 spiro atoms. The number of alkyl halides is 1. The third-order valence-corrected chi connectivity index (χ3v) is 3.84. The van der Waals surface area contributed by atoms with E-state index < -0.39 is 0 Å². The van der Waals surface area contributed by atoms with E-state index in [1.165, 1.54) is 19.3 Å². The van der Waals surface area contributed by atoms with E-state index in [4.69, 9.17) is 4.74 Å². The first-order valence-corrected chi connectivity index (χ1v) is 6.83. The molecule has 0 aromatic rings. The minimum Gasteiger partial charge on any atom is -0.368 e. The van der Waals surface area contributed by atoms with E-state index >= 15 is 0 Å². The third kappa shape index (κ3) is 2.94. The summed E-state index contributed by atoms with van der Waals surface area (Å²) >= 11 is 3.46. The molecule has 1 saturated heterocycles. The Morgan fingerprint density at radius 1 is 1.53 bits per heavy atom. The van der Waals surface area contributed by atoms with Crippen LogP contribution >= 0.6 is 15.9 Å². The summed E-state index contributed by atoms with van der Waals surface area (Å²) in [5.74, 6) is 0.0911. The van der Waals surface area contributed by atoms with Crippen LogP contribution in [0.25, 0.3) is 0 Å². The fraction of sp³-hybridized carbons (Fsp3) is 0.909. The minimum atomic E-state index is -0.176. The standard InChI is InChI=1S/C11H18BrNO2/c12-6-5-11(3-4-11)8-13-10(14)9-2-1-7-15-9/h9H,1-8H2,(H,13,14). The molecule has 86 valence electrons. The molecule has 1 amide bonds. The second-order valence-corrected chi connectivity index (χ2v) is 5.45. The van der Waals surface area contributed by atoms with Gasteiger partial charge in [-0.1, -0.05) is 15.9 Å². The van der Waals surface area contributed by atoms with E-state index in [1.807, 2.05) is 0 Å². The lowest BCUT2D eigenvalue weighted by Crippen LogP contribution is -2.37. The van der Waals surface area contributed by atoms with Gasteiger partial charge in [-0.3, -0.25) is 4.79 Å². The largest absolute Gasteiger partial charge is 0.368 e. The maximum Gasteiger partial charge on any atom is 0.249 e. The minimum absolute atomic E-state index is 0.0911. The molecule has 1 saturated carbocycles. The first-order chi connectivity index (χ1) is 7.26. The summed E-state index contributed by atoms with van der Waals surface area (Å²) in [7, 11) is 0. The van der Waals surface area contributed by atoms with Gasteiger partial charge in [-0.25, -0.2) is 0 Å². The van der Waals surface area contributed by atoms with Crippen molar-refractivity contribution in [2.24, 2.45) is 5.41 Å². The Morgan fingerprint density at radius 2 is 2.33 bits per heavy atom. The van der Waals surface area contributed by atoms with Gasteiger partial charge in [0, 0.05) is 18.5 Å². The fourth-order valence-corrected chi connectivity index (χ4v) is 2.91. The van der Waals surface area contributed by atoms with Gasteiger partial charge in [-0.05, 0) is 37.5 Å². The lowest BCUT2D eigenvalue weighted by molar-refractivity contribution is -0.130. The number of halogens is 1. The number of amides is 1. The van der Waals surface area contributed by atoms with Crippen molar-refractivity contribution in [3.8, 4) is 0 Å². The summed E-state index contributed by atoms with van der Waals surface area (Å²) in [6.45, 7) is 1.57. The van der Waals surface area contributed by atoms with Crippen molar-refractivity contribution < 1.29 is 9.53 Å². The lowest BCUT2D eigenvalue weighted by atomic mass is 10.0. The molecule has 1 unspecified atom stereocenters. The monoisotopic (exact) mass is 275 g/mol. The number of carbonyl (C=O) groups excluding carboxylic acids is 1. The normalized spacial score (nSPS) is 27.7. The van der Waals surface area contributed by atoms with Gasteiger partial charge in [0.2, 0.25) is 5.91 Å². The second-order valence-electron chi connectivity index (χ2n) is 4.66. The van der Waals surface area contributed by atoms with Gasteiger partial charge in [0.15, 0.2) is 0 Å². The molecule has 1 aliphatic heterocycles. The Labute approximate surface area is 99.1 Å². The van der Waals surface area contributed by atoms with Gasteiger partial charge in [-0.15, -0.1) is 0 Å². The molecule has 0 aromatic carbocycles. The summed E-state index contributed by atoms with van der Waals surface area (Å²) in [6, 6.07) is 0. The van der Waals surface area contributed by atoms with Crippen molar-refractivity contribution >= 4 is 21.8 Å².